The maximum Gasteiger partial charge on any atom is 0.277 e. The van der Waals surface area contributed by atoms with E-state index in [1.165, 1.54) is 0 Å². The van der Waals surface area contributed by atoms with Crippen molar-refractivity contribution in [1.29, 1.82) is 0 Å². The van der Waals surface area contributed by atoms with Crippen LogP contribution in [0, 0.1) is 12.8 Å². The SMILES string of the molecule is Cc1cc(C(=O)Nc2cnc(N3CCC(C)CC3)nc2)no1. The van der Waals surface area contributed by atoms with Gasteiger partial charge in [-0.3, -0.25) is 4.79 Å². The number of carbonyl (C=O) groups is 1. The molecule has 1 saturated heterocycles. The van der Waals surface area contributed by atoms with Crippen molar-refractivity contribution >= 4 is 17.5 Å². The molecule has 0 radical (unpaired) electrons. The zero-order valence-electron chi connectivity index (χ0n) is 12.7. The van der Waals surface area contributed by atoms with E-state index < -0.39 is 0 Å². The average Bonchev–Trinajstić information content (AvgIpc) is 2.96. The van der Waals surface area contributed by atoms with E-state index in [0.717, 1.165) is 31.8 Å². The van der Waals surface area contributed by atoms with Gasteiger partial charge in [0.2, 0.25) is 5.95 Å². The van der Waals surface area contributed by atoms with E-state index in [2.05, 4.69) is 32.3 Å². The molecule has 1 aliphatic rings. The van der Waals surface area contributed by atoms with Gasteiger partial charge in [0.25, 0.3) is 5.91 Å². The first-order chi connectivity index (χ1) is 10.6. The first-order valence-corrected chi connectivity index (χ1v) is 7.43. The summed E-state index contributed by atoms with van der Waals surface area (Å²) in [6, 6.07) is 1.58. The lowest BCUT2D eigenvalue weighted by molar-refractivity contribution is 0.101. The minimum Gasteiger partial charge on any atom is -0.361 e. The molecule has 1 fully saturated rings. The van der Waals surface area contributed by atoms with Gasteiger partial charge in [0, 0.05) is 19.2 Å². The number of piperidine rings is 1. The van der Waals surface area contributed by atoms with Crippen LogP contribution in [0.4, 0.5) is 11.6 Å². The molecule has 0 bridgehead atoms. The molecule has 0 spiro atoms. The Hall–Kier alpha value is -2.44. The van der Waals surface area contributed by atoms with Crippen molar-refractivity contribution in [3.05, 3.63) is 29.9 Å². The van der Waals surface area contributed by atoms with Gasteiger partial charge in [-0.25, -0.2) is 9.97 Å². The third kappa shape index (κ3) is 3.24. The third-order valence-corrected chi connectivity index (χ3v) is 3.82. The van der Waals surface area contributed by atoms with E-state index in [1.54, 1.807) is 25.4 Å². The molecule has 0 unspecified atom stereocenters. The van der Waals surface area contributed by atoms with Crippen LogP contribution in [0.5, 0.6) is 0 Å². The molecular formula is C15H19N5O2. The number of aryl methyl sites for hydroxylation is 1. The molecule has 0 aliphatic carbocycles. The topological polar surface area (TPSA) is 84.2 Å². The maximum absolute atomic E-state index is 12.0. The Kier molecular flexibility index (Phi) is 4.04. The van der Waals surface area contributed by atoms with E-state index in [9.17, 15) is 4.79 Å². The van der Waals surface area contributed by atoms with E-state index in [1.807, 2.05) is 0 Å². The van der Waals surface area contributed by atoms with Crippen LogP contribution in [-0.4, -0.2) is 34.1 Å². The molecule has 2 aromatic heterocycles. The van der Waals surface area contributed by atoms with Gasteiger partial charge < -0.3 is 14.7 Å². The van der Waals surface area contributed by atoms with Crippen LogP contribution >= 0.6 is 0 Å². The van der Waals surface area contributed by atoms with Crippen LogP contribution in [0.3, 0.4) is 0 Å². The van der Waals surface area contributed by atoms with Crippen molar-refractivity contribution in [3.8, 4) is 0 Å². The standard InChI is InChI=1S/C15H19N5O2/c1-10-3-5-20(6-4-10)15-16-8-12(9-17-15)18-14(21)13-7-11(2)22-19-13/h7-10H,3-6H2,1-2H3,(H,18,21). The lowest BCUT2D eigenvalue weighted by Gasteiger charge is -2.30. The highest BCUT2D eigenvalue weighted by Crippen LogP contribution is 2.20. The number of anilines is 2. The van der Waals surface area contributed by atoms with Crippen molar-refractivity contribution < 1.29 is 9.32 Å². The number of rotatable bonds is 3. The summed E-state index contributed by atoms with van der Waals surface area (Å²) in [7, 11) is 0. The van der Waals surface area contributed by atoms with Crippen LogP contribution in [0.2, 0.25) is 0 Å². The fourth-order valence-electron chi connectivity index (χ4n) is 2.43. The summed E-state index contributed by atoms with van der Waals surface area (Å²) in [5.41, 5.74) is 0.784. The fraction of sp³-hybridized carbons (Fsp3) is 0.467. The molecule has 2 aromatic rings. The third-order valence-electron chi connectivity index (χ3n) is 3.82. The lowest BCUT2D eigenvalue weighted by Crippen LogP contribution is -2.34. The number of hydrogen-bond donors (Lipinski definition) is 1. The van der Waals surface area contributed by atoms with Gasteiger partial charge in [-0.15, -0.1) is 0 Å². The Morgan fingerprint density at radius 3 is 2.59 bits per heavy atom. The summed E-state index contributed by atoms with van der Waals surface area (Å²) in [6.07, 6.45) is 5.55. The zero-order valence-corrected chi connectivity index (χ0v) is 12.7. The van der Waals surface area contributed by atoms with E-state index in [0.29, 0.717) is 17.4 Å². The van der Waals surface area contributed by atoms with Crippen molar-refractivity contribution in [3.63, 3.8) is 0 Å². The van der Waals surface area contributed by atoms with Gasteiger partial charge in [-0.05, 0) is 25.7 Å². The molecule has 0 saturated carbocycles. The fourth-order valence-corrected chi connectivity index (χ4v) is 2.43. The molecule has 116 valence electrons. The summed E-state index contributed by atoms with van der Waals surface area (Å²) in [5, 5.41) is 6.38. The number of carbonyl (C=O) groups excluding carboxylic acids is 1. The molecular weight excluding hydrogens is 282 g/mol. The largest absolute Gasteiger partial charge is 0.361 e. The second-order valence-corrected chi connectivity index (χ2v) is 5.72. The Labute approximate surface area is 128 Å². The summed E-state index contributed by atoms with van der Waals surface area (Å²) in [6.45, 7) is 5.96. The predicted octanol–water partition coefficient (Wildman–Crippen LogP) is 2.26. The van der Waals surface area contributed by atoms with Gasteiger partial charge in [0.15, 0.2) is 5.69 Å². The monoisotopic (exact) mass is 301 g/mol. The van der Waals surface area contributed by atoms with Gasteiger partial charge in [0.1, 0.15) is 5.76 Å². The van der Waals surface area contributed by atoms with Gasteiger partial charge >= 0.3 is 0 Å². The highest BCUT2D eigenvalue weighted by molar-refractivity contribution is 6.02. The maximum atomic E-state index is 12.0. The van der Waals surface area contributed by atoms with Crippen molar-refractivity contribution in [2.75, 3.05) is 23.3 Å². The molecule has 0 aromatic carbocycles. The highest BCUT2D eigenvalue weighted by atomic mass is 16.5. The Balaban J connectivity index is 1.63. The van der Waals surface area contributed by atoms with E-state index in [4.69, 9.17) is 4.52 Å². The molecule has 7 nitrogen and oxygen atoms in total. The molecule has 1 N–H and O–H groups in total. The Morgan fingerprint density at radius 2 is 2.00 bits per heavy atom. The number of hydrogen-bond acceptors (Lipinski definition) is 6. The summed E-state index contributed by atoms with van der Waals surface area (Å²) >= 11 is 0. The number of aromatic nitrogens is 3. The molecule has 22 heavy (non-hydrogen) atoms. The molecule has 1 amide bonds. The normalized spacial score (nSPS) is 15.8. The van der Waals surface area contributed by atoms with Crippen LogP contribution in [0.1, 0.15) is 36.0 Å². The zero-order chi connectivity index (χ0) is 15.5. The van der Waals surface area contributed by atoms with Crippen molar-refractivity contribution in [1.82, 2.24) is 15.1 Å². The van der Waals surface area contributed by atoms with Crippen molar-refractivity contribution in [2.45, 2.75) is 26.7 Å². The first-order valence-electron chi connectivity index (χ1n) is 7.43. The van der Waals surface area contributed by atoms with Gasteiger partial charge in [-0.1, -0.05) is 12.1 Å². The average molecular weight is 301 g/mol. The minimum absolute atomic E-state index is 0.242. The molecule has 3 rings (SSSR count). The Morgan fingerprint density at radius 1 is 1.32 bits per heavy atom. The van der Waals surface area contributed by atoms with E-state index >= 15 is 0 Å². The second kappa shape index (κ2) is 6.13. The minimum atomic E-state index is -0.333. The van der Waals surface area contributed by atoms with Crippen LogP contribution in [-0.2, 0) is 0 Å². The quantitative estimate of drug-likeness (QED) is 0.936. The molecule has 0 atom stereocenters. The van der Waals surface area contributed by atoms with Gasteiger partial charge in [0.05, 0.1) is 18.1 Å². The summed E-state index contributed by atoms with van der Waals surface area (Å²) < 4.78 is 4.88. The number of nitrogens with one attached hydrogen (secondary N) is 1. The van der Waals surface area contributed by atoms with Crippen LogP contribution in [0.25, 0.3) is 0 Å². The summed E-state index contributed by atoms with van der Waals surface area (Å²) in [4.78, 5) is 22.8. The van der Waals surface area contributed by atoms with Crippen LogP contribution in [0.15, 0.2) is 23.0 Å². The second-order valence-electron chi connectivity index (χ2n) is 5.72. The number of amides is 1. The van der Waals surface area contributed by atoms with E-state index in [-0.39, 0.29) is 11.6 Å². The Bertz CT molecular complexity index is 644. The molecule has 7 heteroatoms. The predicted molar refractivity (Wildman–Crippen MR) is 81.8 cm³/mol. The molecule has 1 aliphatic heterocycles. The smallest absolute Gasteiger partial charge is 0.277 e. The molecule has 3 heterocycles. The summed E-state index contributed by atoms with van der Waals surface area (Å²) in [5.74, 6) is 1.74. The van der Waals surface area contributed by atoms with Gasteiger partial charge in [-0.2, -0.15) is 0 Å². The van der Waals surface area contributed by atoms with Crippen LogP contribution < -0.4 is 10.2 Å². The highest BCUT2D eigenvalue weighted by Gasteiger charge is 2.18. The number of nitrogens with zero attached hydrogens (tertiary/aromatic N) is 4. The first kappa shape index (κ1) is 14.5. The van der Waals surface area contributed by atoms with Crippen molar-refractivity contribution in [2.24, 2.45) is 5.92 Å². The lowest BCUT2D eigenvalue weighted by atomic mass is 10.00.